The molecule has 59 valence electrons. The summed E-state index contributed by atoms with van der Waals surface area (Å²) in [6.07, 6.45) is 1.98. The molecule has 0 saturated carbocycles. The van der Waals surface area contributed by atoms with Crippen LogP contribution in [0.5, 0.6) is 0 Å². The average molecular weight is 232 g/mol. The number of thioether (sulfide) groups is 1. The Bertz CT molecular complexity index is 250. The molecular weight excluding hydrogens is 224 g/mol. The average Bonchev–Trinajstić information content (AvgIpc) is 2.04. The fourth-order valence-electron chi connectivity index (χ4n) is 0.806. The van der Waals surface area contributed by atoms with Crippen molar-refractivity contribution in [3.8, 4) is 0 Å². The molecular formula is C8H8BrOS. The van der Waals surface area contributed by atoms with E-state index in [-0.39, 0.29) is 0 Å². The first-order valence-corrected chi connectivity index (χ1v) is 5.10. The third kappa shape index (κ3) is 2.22. The number of rotatable bonds is 2. The van der Waals surface area contributed by atoms with E-state index in [0.29, 0.717) is 0 Å². The molecule has 1 rings (SSSR count). The fraction of sp³-hybridized carbons (Fsp3) is 0.125. The van der Waals surface area contributed by atoms with Gasteiger partial charge in [-0.1, -0.05) is 15.9 Å². The maximum absolute atomic E-state index is 8.81. The molecule has 0 aliphatic heterocycles. The van der Waals surface area contributed by atoms with Gasteiger partial charge in [0.05, 0.1) is 0 Å². The monoisotopic (exact) mass is 231 g/mol. The number of aliphatic hydroxyl groups is 1. The van der Waals surface area contributed by atoms with Crippen LogP contribution in [0, 0.1) is 6.61 Å². The zero-order valence-corrected chi connectivity index (χ0v) is 8.45. The SMILES string of the molecule is CSc1ccc(Br)cc1[CH]O. The van der Waals surface area contributed by atoms with Crippen molar-refractivity contribution >= 4 is 27.7 Å². The number of halogens is 1. The summed E-state index contributed by atoms with van der Waals surface area (Å²) in [4.78, 5) is 1.08. The van der Waals surface area contributed by atoms with Gasteiger partial charge in [0.1, 0.15) is 6.61 Å². The zero-order valence-electron chi connectivity index (χ0n) is 6.04. The van der Waals surface area contributed by atoms with E-state index in [4.69, 9.17) is 5.11 Å². The Hall–Kier alpha value is 0.01000. The van der Waals surface area contributed by atoms with Crippen LogP contribution in [0.2, 0.25) is 0 Å². The van der Waals surface area contributed by atoms with Crippen molar-refractivity contribution < 1.29 is 5.11 Å². The molecule has 0 unspecified atom stereocenters. The van der Waals surface area contributed by atoms with Gasteiger partial charge in [0.2, 0.25) is 0 Å². The van der Waals surface area contributed by atoms with Crippen LogP contribution in [-0.2, 0) is 0 Å². The minimum Gasteiger partial charge on any atom is -0.385 e. The molecule has 0 aliphatic rings. The highest BCUT2D eigenvalue weighted by Gasteiger charge is 2.00. The van der Waals surface area contributed by atoms with E-state index in [1.165, 1.54) is 0 Å². The maximum atomic E-state index is 8.81. The van der Waals surface area contributed by atoms with Gasteiger partial charge in [0.25, 0.3) is 0 Å². The molecule has 0 aliphatic carbocycles. The standard InChI is InChI=1S/C8H8BrOS/c1-11-8-3-2-7(9)4-6(8)5-10/h2-5,10H,1H3. The summed E-state index contributed by atoms with van der Waals surface area (Å²) >= 11 is 4.94. The van der Waals surface area contributed by atoms with Gasteiger partial charge in [-0.3, -0.25) is 0 Å². The van der Waals surface area contributed by atoms with E-state index in [9.17, 15) is 0 Å². The molecule has 0 bridgehead atoms. The van der Waals surface area contributed by atoms with Crippen molar-refractivity contribution in [3.05, 3.63) is 34.8 Å². The highest BCUT2D eigenvalue weighted by atomic mass is 79.9. The van der Waals surface area contributed by atoms with Gasteiger partial charge in [0.15, 0.2) is 0 Å². The largest absolute Gasteiger partial charge is 0.385 e. The summed E-state index contributed by atoms with van der Waals surface area (Å²) in [5.41, 5.74) is 0.854. The summed E-state index contributed by atoms with van der Waals surface area (Å²) in [6.45, 7) is 1.12. The lowest BCUT2D eigenvalue weighted by molar-refractivity contribution is 0.412. The molecule has 0 heterocycles. The van der Waals surface area contributed by atoms with Gasteiger partial charge in [-0.25, -0.2) is 0 Å². The fourth-order valence-corrected chi connectivity index (χ4v) is 1.74. The zero-order chi connectivity index (χ0) is 8.27. The minimum absolute atomic E-state index is 0.854. The van der Waals surface area contributed by atoms with Crippen molar-refractivity contribution in [1.29, 1.82) is 0 Å². The molecule has 1 nitrogen and oxygen atoms in total. The molecule has 0 amide bonds. The maximum Gasteiger partial charge on any atom is 0.110 e. The van der Waals surface area contributed by atoms with Crippen LogP contribution in [0.1, 0.15) is 5.56 Å². The van der Waals surface area contributed by atoms with Crippen molar-refractivity contribution in [2.45, 2.75) is 4.90 Å². The predicted octanol–water partition coefficient (Wildman–Crippen LogP) is 3.05. The Kier molecular flexibility index (Phi) is 3.43. The third-order valence-corrected chi connectivity index (χ3v) is 2.64. The van der Waals surface area contributed by atoms with E-state index in [2.05, 4.69) is 15.9 Å². The smallest absolute Gasteiger partial charge is 0.110 e. The third-order valence-electron chi connectivity index (χ3n) is 1.33. The van der Waals surface area contributed by atoms with Gasteiger partial charge < -0.3 is 5.11 Å². The number of benzene rings is 1. The van der Waals surface area contributed by atoms with Gasteiger partial charge in [-0.2, -0.15) is 0 Å². The lowest BCUT2D eigenvalue weighted by Crippen LogP contribution is -1.83. The highest BCUT2D eigenvalue weighted by Crippen LogP contribution is 2.24. The second-order valence-corrected chi connectivity index (χ2v) is 3.78. The van der Waals surface area contributed by atoms with Crippen LogP contribution in [0.15, 0.2) is 27.6 Å². The van der Waals surface area contributed by atoms with Gasteiger partial charge in [0, 0.05) is 9.37 Å². The van der Waals surface area contributed by atoms with Crippen LogP contribution >= 0.6 is 27.7 Å². The lowest BCUT2D eigenvalue weighted by atomic mass is 10.2. The molecule has 3 heteroatoms. The molecule has 0 saturated heterocycles. The van der Waals surface area contributed by atoms with Crippen LogP contribution in [0.4, 0.5) is 0 Å². The van der Waals surface area contributed by atoms with Crippen molar-refractivity contribution in [2.24, 2.45) is 0 Å². The van der Waals surface area contributed by atoms with Crippen LogP contribution in [0.3, 0.4) is 0 Å². The van der Waals surface area contributed by atoms with Gasteiger partial charge in [-0.05, 0) is 30.0 Å². The second kappa shape index (κ2) is 4.14. The molecule has 11 heavy (non-hydrogen) atoms. The topological polar surface area (TPSA) is 20.2 Å². The molecule has 1 aromatic rings. The quantitative estimate of drug-likeness (QED) is 0.791. The first-order valence-electron chi connectivity index (χ1n) is 3.09. The number of aliphatic hydroxyl groups excluding tert-OH is 1. The summed E-state index contributed by atoms with van der Waals surface area (Å²) in [6, 6.07) is 5.81. The summed E-state index contributed by atoms with van der Waals surface area (Å²) < 4.78 is 0.982. The Labute approximate surface area is 78.9 Å². The summed E-state index contributed by atoms with van der Waals surface area (Å²) in [7, 11) is 0. The van der Waals surface area contributed by atoms with Gasteiger partial charge >= 0.3 is 0 Å². The first-order chi connectivity index (χ1) is 5.27. The lowest BCUT2D eigenvalue weighted by Gasteiger charge is -2.02. The summed E-state index contributed by atoms with van der Waals surface area (Å²) in [5.74, 6) is 0. The van der Waals surface area contributed by atoms with E-state index in [1.54, 1.807) is 11.8 Å². The van der Waals surface area contributed by atoms with Gasteiger partial charge in [-0.15, -0.1) is 11.8 Å². The Morgan fingerprint density at radius 3 is 2.82 bits per heavy atom. The van der Waals surface area contributed by atoms with Crippen molar-refractivity contribution in [3.63, 3.8) is 0 Å². The first kappa shape index (κ1) is 9.10. The molecule has 1 N–H and O–H groups in total. The summed E-state index contributed by atoms with van der Waals surface area (Å²) in [5, 5.41) is 8.81. The molecule has 0 aromatic heterocycles. The molecule has 1 radical (unpaired) electrons. The number of hydrogen-bond acceptors (Lipinski definition) is 2. The van der Waals surface area contributed by atoms with E-state index < -0.39 is 0 Å². The Morgan fingerprint density at radius 1 is 1.55 bits per heavy atom. The Balaban J connectivity index is 3.06. The van der Waals surface area contributed by atoms with E-state index in [0.717, 1.165) is 21.5 Å². The van der Waals surface area contributed by atoms with Crippen LogP contribution in [0.25, 0.3) is 0 Å². The normalized spacial score (nSPS) is 10.1. The van der Waals surface area contributed by atoms with E-state index in [1.807, 2.05) is 24.5 Å². The van der Waals surface area contributed by atoms with Crippen LogP contribution < -0.4 is 0 Å². The molecule has 1 aromatic carbocycles. The van der Waals surface area contributed by atoms with Crippen molar-refractivity contribution in [2.75, 3.05) is 6.26 Å². The molecule has 0 atom stereocenters. The molecule has 0 spiro atoms. The molecule has 0 fully saturated rings. The van der Waals surface area contributed by atoms with Crippen molar-refractivity contribution in [1.82, 2.24) is 0 Å². The number of hydrogen-bond donors (Lipinski definition) is 1. The van der Waals surface area contributed by atoms with Crippen LogP contribution in [-0.4, -0.2) is 11.4 Å². The van der Waals surface area contributed by atoms with E-state index >= 15 is 0 Å². The minimum atomic E-state index is 0.854. The second-order valence-electron chi connectivity index (χ2n) is 2.02. The Morgan fingerprint density at radius 2 is 2.27 bits per heavy atom. The predicted molar refractivity (Wildman–Crippen MR) is 51.3 cm³/mol. The highest BCUT2D eigenvalue weighted by molar-refractivity contribution is 9.10.